The number of benzene rings is 2. The van der Waals surface area contributed by atoms with E-state index in [0.717, 1.165) is 43.6 Å². The maximum Gasteiger partial charge on any atom is 0.251 e. The SMILES string of the molecule is CCN(CC)c1ccc(CNC(=O)c2cccc(S(=O)(=O)N3CCCCC3)c2)cc1. The average Bonchev–Trinajstić information content (AvgIpc) is 2.80. The minimum Gasteiger partial charge on any atom is -0.372 e. The first-order chi connectivity index (χ1) is 14.5. The molecule has 0 aliphatic carbocycles. The van der Waals surface area contributed by atoms with E-state index < -0.39 is 10.0 Å². The zero-order valence-electron chi connectivity index (χ0n) is 17.8. The fourth-order valence-electron chi connectivity index (χ4n) is 3.75. The Hall–Kier alpha value is -2.38. The summed E-state index contributed by atoms with van der Waals surface area (Å²) < 4.78 is 27.3. The highest BCUT2D eigenvalue weighted by molar-refractivity contribution is 7.89. The topological polar surface area (TPSA) is 69.7 Å². The van der Waals surface area contributed by atoms with Crippen molar-refractivity contribution in [2.75, 3.05) is 31.1 Å². The molecule has 0 saturated carbocycles. The van der Waals surface area contributed by atoms with Crippen LogP contribution in [-0.2, 0) is 16.6 Å². The molecule has 1 aliphatic heterocycles. The van der Waals surface area contributed by atoms with Crippen LogP contribution in [0.15, 0.2) is 53.4 Å². The Kier molecular flexibility index (Phi) is 7.50. The van der Waals surface area contributed by atoms with E-state index in [1.165, 1.54) is 10.4 Å². The maximum absolute atomic E-state index is 12.9. The van der Waals surface area contributed by atoms with E-state index in [1.807, 2.05) is 12.1 Å². The lowest BCUT2D eigenvalue weighted by atomic mass is 10.1. The van der Waals surface area contributed by atoms with Crippen LogP contribution >= 0.6 is 0 Å². The molecule has 0 aromatic heterocycles. The average molecular weight is 430 g/mol. The molecule has 0 spiro atoms. The first kappa shape index (κ1) is 22.3. The normalized spacial score (nSPS) is 15.0. The van der Waals surface area contributed by atoms with Crippen molar-refractivity contribution in [3.05, 3.63) is 59.7 Å². The predicted molar refractivity (Wildman–Crippen MR) is 120 cm³/mol. The van der Waals surface area contributed by atoms with Gasteiger partial charge in [-0.1, -0.05) is 24.6 Å². The Labute approximate surface area is 179 Å². The largest absolute Gasteiger partial charge is 0.372 e. The van der Waals surface area contributed by atoms with Crippen molar-refractivity contribution in [1.29, 1.82) is 0 Å². The van der Waals surface area contributed by atoms with Gasteiger partial charge in [0.25, 0.3) is 5.91 Å². The van der Waals surface area contributed by atoms with E-state index >= 15 is 0 Å². The predicted octanol–water partition coefficient (Wildman–Crippen LogP) is 3.64. The van der Waals surface area contributed by atoms with Gasteiger partial charge in [-0.15, -0.1) is 0 Å². The van der Waals surface area contributed by atoms with Gasteiger partial charge in [0.2, 0.25) is 10.0 Å². The Morgan fingerprint density at radius 3 is 2.30 bits per heavy atom. The van der Waals surface area contributed by atoms with Gasteiger partial charge in [0.05, 0.1) is 4.90 Å². The van der Waals surface area contributed by atoms with Crippen LogP contribution in [0.2, 0.25) is 0 Å². The van der Waals surface area contributed by atoms with Gasteiger partial charge in [-0.25, -0.2) is 8.42 Å². The van der Waals surface area contributed by atoms with Crippen LogP contribution in [-0.4, -0.2) is 44.8 Å². The molecule has 6 nitrogen and oxygen atoms in total. The number of nitrogens with zero attached hydrogens (tertiary/aromatic N) is 2. The third-order valence-corrected chi connectivity index (χ3v) is 7.46. The van der Waals surface area contributed by atoms with E-state index in [4.69, 9.17) is 0 Å². The van der Waals surface area contributed by atoms with Gasteiger partial charge in [-0.05, 0) is 62.6 Å². The fraction of sp³-hybridized carbons (Fsp3) is 0.435. The Morgan fingerprint density at radius 2 is 1.67 bits per heavy atom. The maximum atomic E-state index is 12.9. The molecule has 0 bridgehead atoms. The molecule has 3 rings (SSSR count). The lowest BCUT2D eigenvalue weighted by Crippen LogP contribution is -2.35. The highest BCUT2D eigenvalue weighted by Gasteiger charge is 2.26. The van der Waals surface area contributed by atoms with Gasteiger partial charge >= 0.3 is 0 Å². The fourth-order valence-corrected chi connectivity index (χ4v) is 5.31. The summed E-state index contributed by atoms with van der Waals surface area (Å²) in [5, 5.41) is 2.89. The first-order valence-electron chi connectivity index (χ1n) is 10.7. The molecule has 2 aromatic rings. The minimum atomic E-state index is -3.55. The molecule has 1 saturated heterocycles. The third kappa shape index (κ3) is 5.21. The lowest BCUT2D eigenvalue weighted by Gasteiger charge is -2.26. The Balaban J connectivity index is 1.65. The van der Waals surface area contributed by atoms with Crippen molar-refractivity contribution < 1.29 is 13.2 Å². The number of piperidine rings is 1. The highest BCUT2D eigenvalue weighted by Crippen LogP contribution is 2.21. The van der Waals surface area contributed by atoms with Crippen LogP contribution in [0.4, 0.5) is 5.69 Å². The molecular weight excluding hydrogens is 398 g/mol. The summed E-state index contributed by atoms with van der Waals surface area (Å²) in [5.74, 6) is -0.279. The van der Waals surface area contributed by atoms with E-state index in [-0.39, 0.29) is 10.8 Å². The van der Waals surface area contributed by atoms with Crippen molar-refractivity contribution in [2.45, 2.75) is 44.6 Å². The summed E-state index contributed by atoms with van der Waals surface area (Å²) in [6.45, 7) is 7.62. The van der Waals surface area contributed by atoms with Crippen LogP contribution < -0.4 is 10.2 Å². The molecule has 2 aromatic carbocycles. The molecule has 0 radical (unpaired) electrons. The number of nitrogens with one attached hydrogen (secondary N) is 1. The molecule has 1 heterocycles. The lowest BCUT2D eigenvalue weighted by molar-refractivity contribution is 0.0950. The van der Waals surface area contributed by atoms with Gasteiger partial charge < -0.3 is 10.2 Å². The van der Waals surface area contributed by atoms with Crippen molar-refractivity contribution in [2.24, 2.45) is 0 Å². The van der Waals surface area contributed by atoms with Crippen LogP contribution in [0.5, 0.6) is 0 Å². The molecule has 1 amide bonds. The first-order valence-corrected chi connectivity index (χ1v) is 12.1. The molecule has 1 aliphatic rings. The smallest absolute Gasteiger partial charge is 0.251 e. The molecule has 30 heavy (non-hydrogen) atoms. The number of carbonyl (C=O) groups is 1. The highest BCUT2D eigenvalue weighted by atomic mass is 32.2. The summed E-state index contributed by atoms with van der Waals surface area (Å²) in [6, 6.07) is 14.4. The Bertz CT molecular complexity index is 948. The van der Waals surface area contributed by atoms with Crippen LogP contribution in [0.1, 0.15) is 49.0 Å². The number of hydrogen-bond donors (Lipinski definition) is 1. The van der Waals surface area contributed by atoms with Crippen LogP contribution in [0.25, 0.3) is 0 Å². The Morgan fingerprint density at radius 1 is 1.00 bits per heavy atom. The standard InChI is InChI=1S/C23H31N3O3S/c1-3-25(4-2)21-13-11-19(12-14-21)18-24-23(27)20-9-8-10-22(17-20)30(28,29)26-15-6-5-7-16-26/h8-14,17H,3-7,15-16,18H2,1-2H3,(H,24,27). The zero-order chi connectivity index (χ0) is 21.6. The van der Waals surface area contributed by atoms with Crippen LogP contribution in [0.3, 0.4) is 0 Å². The zero-order valence-corrected chi connectivity index (χ0v) is 18.6. The molecule has 7 heteroatoms. The van der Waals surface area contributed by atoms with Gasteiger partial charge in [-0.3, -0.25) is 4.79 Å². The third-order valence-electron chi connectivity index (χ3n) is 5.57. The van der Waals surface area contributed by atoms with Gasteiger partial charge in [0.15, 0.2) is 0 Å². The molecular formula is C23H31N3O3S. The van der Waals surface area contributed by atoms with Gasteiger partial charge in [0.1, 0.15) is 0 Å². The second kappa shape index (κ2) is 10.1. The summed E-state index contributed by atoms with van der Waals surface area (Å²) in [4.78, 5) is 15.1. The monoisotopic (exact) mass is 429 g/mol. The van der Waals surface area contributed by atoms with E-state index in [1.54, 1.807) is 18.2 Å². The minimum absolute atomic E-state index is 0.181. The second-order valence-electron chi connectivity index (χ2n) is 7.51. The summed E-state index contributed by atoms with van der Waals surface area (Å²) in [5.41, 5.74) is 2.51. The number of carbonyl (C=O) groups excluding carboxylic acids is 1. The van der Waals surface area contributed by atoms with Crippen LogP contribution in [0, 0.1) is 0 Å². The van der Waals surface area contributed by atoms with Gasteiger partial charge in [-0.2, -0.15) is 4.31 Å². The van der Waals surface area contributed by atoms with Crippen molar-refractivity contribution in [3.8, 4) is 0 Å². The van der Waals surface area contributed by atoms with E-state index in [2.05, 4.69) is 36.2 Å². The number of hydrogen-bond acceptors (Lipinski definition) is 4. The molecule has 0 atom stereocenters. The summed E-state index contributed by atoms with van der Waals surface area (Å²) in [6.07, 6.45) is 2.82. The molecule has 1 N–H and O–H groups in total. The van der Waals surface area contributed by atoms with E-state index in [0.29, 0.717) is 25.2 Å². The molecule has 0 unspecified atom stereocenters. The number of rotatable bonds is 8. The van der Waals surface area contributed by atoms with Gasteiger partial charge in [0, 0.05) is 44.0 Å². The number of anilines is 1. The summed E-state index contributed by atoms with van der Waals surface area (Å²) in [7, 11) is -3.55. The molecule has 162 valence electrons. The van der Waals surface area contributed by atoms with E-state index in [9.17, 15) is 13.2 Å². The second-order valence-corrected chi connectivity index (χ2v) is 9.45. The summed E-state index contributed by atoms with van der Waals surface area (Å²) >= 11 is 0. The van der Waals surface area contributed by atoms with Crippen molar-refractivity contribution in [1.82, 2.24) is 9.62 Å². The number of sulfonamides is 1. The van der Waals surface area contributed by atoms with Crippen molar-refractivity contribution in [3.63, 3.8) is 0 Å². The quantitative estimate of drug-likeness (QED) is 0.696. The molecule has 1 fully saturated rings. The van der Waals surface area contributed by atoms with Crippen molar-refractivity contribution >= 4 is 21.6 Å². The number of amides is 1.